The lowest BCUT2D eigenvalue weighted by molar-refractivity contribution is -0.124. The summed E-state index contributed by atoms with van der Waals surface area (Å²) in [5.41, 5.74) is 2.07. The quantitative estimate of drug-likeness (QED) is 0.627. The topological polar surface area (TPSA) is 72.3 Å². The van der Waals surface area contributed by atoms with Gasteiger partial charge < -0.3 is 4.57 Å². The van der Waals surface area contributed by atoms with Crippen LogP contribution in [0, 0.1) is 5.92 Å². The van der Waals surface area contributed by atoms with Gasteiger partial charge in [-0.05, 0) is 31.4 Å². The van der Waals surface area contributed by atoms with Gasteiger partial charge in [0.1, 0.15) is 5.78 Å². The molecule has 0 unspecified atom stereocenters. The molecule has 0 bridgehead atoms. The van der Waals surface area contributed by atoms with Gasteiger partial charge in [0.15, 0.2) is 0 Å². The van der Waals surface area contributed by atoms with Gasteiger partial charge in [0, 0.05) is 32.0 Å². The number of aromatic nitrogens is 2. The SMILES string of the molecule is CCC(=O)[C@H]1CCCN(Cc2cnc(S(=O)(=O)CC)n2CCc2ccccc2)C1. The number of Topliss-reactive ketones (excluding diaryl/α,β-unsaturated/α-hetero) is 1. The Hall–Kier alpha value is -1.99. The molecule has 2 aromatic rings. The number of likely N-dealkylation sites (tertiary alicyclic amines) is 1. The Bertz CT molecular complexity index is 922. The number of carbonyl (C=O) groups is 1. The van der Waals surface area contributed by atoms with Gasteiger partial charge in [-0.1, -0.05) is 44.2 Å². The summed E-state index contributed by atoms with van der Waals surface area (Å²) in [6, 6.07) is 10.1. The molecule has 29 heavy (non-hydrogen) atoms. The van der Waals surface area contributed by atoms with E-state index in [2.05, 4.69) is 22.0 Å². The summed E-state index contributed by atoms with van der Waals surface area (Å²) in [5, 5.41) is 0.157. The highest BCUT2D eigenvalue weighted by Crippen LogP contribution is 2.22. The molecule has 2 heterocycles. The van der Waals surface area contributed by atoms with Crippen molar-refractivity contribution in [1.82, 2.24) is 14.5 Å². The largest absolute Gasteiger partial charge is 0.317 e. The van der Waals surface area contributed by atoms with Crippen LogP contribution in [0.1, 0.15) is 44.4 Å². The van der Waals surface area contributed by atoms with E-state index in [1.807, 2.05) is 29.7 Å². The van der Waals surface area contributed by atoms with Crippen molar-refractivity contribution in [3.05, 3.63) is 47.8 Å². The van der Waals surface area contributed by atoms with Crippen LogP contribution in [0.25, 0.3) is 0 Å². The summed E-state index contributed by atoms with van der Waals surface area (Å²) >= 11 is 0. The standard InChI is InChI=1S/C22H31N3O3S/c1-3-21(26)19-11-8-13-24(16-19)17-20-15-23-22(29(27,28)4-2)25(20)14-12-18-9-6-5-7-10-18/h5-7,9-10,15,19H,3-4,8,11-14,16-17H2,1-2H3/t19-/m0/s1. The molecule has 1 aromatic carbocycles. The lowest BCUT2D eigenvalue weighted by Crippen LogP contribution is -2.38. The molecule has 1 aliphatic heterocycles. The number of piperidine rings is 1. The van der Waals surface area contributed by atoms with Gasteiger partial charge in [0.05, 0.1) is 17.6 Å². The van der Waals surface area contributed by atoms with E-state index < -0.39 is 9.84 Å². The number of rotatable bonds is 9. The van der Waals surface area contributed by atoms with E-state index in [9.17, 15) is 13.2 Å². The first-order valence-electron chi connectivity index (χ1n) is 10.5. The van der Waals surface area contributed by atoms with Crippen molar-refractivity contribution < 1.29 is 13.2 Å². The van der Waals surface area contributed by atoms with Crippen LogP contribution in [0.2, 0.25) is 0 Å². The van der Waals surface area contributed by atoms with E-state index in [1.54, 1.807) is 13.1 Å². The lowest BCUT2D eigenvalue weighted by Gasteiger charge is -2.32. The maximum absolute atomic E-state index is 12.6. The average Bonchev–Trinajstić information content (AvgIpc) is 3.15. The average molecular weight is 418 g/mol. The number of imidazole rings is 1. The van der Waals surface area contributed by atoms with Crippen LogP contribution in [0.5, 0.6) is 0 Å². The highest BCUT2D eigenvalue weighted by atomic mass is 32.2. The summed E-state index contributed by atoms with van der Waals surface area (Å²) in [7, 11) is -3.40. The fraction of sp³-hybridized carbons (Fsp3) is 0.545. The Balaban J connectivity index is 1.81. The molecule has 0 spiro atoms. The van der Waals surface area contributed by atoms with Crippen molar-refractivity contribution in [3.63, 3.8) is 0 Å². The molecule has 0 radical (unpaired) electrons. The lowest BCUT2D eigenvalue weighted by atomic mass is 9.92. The molecule has 0 N–H and O–H groups in total. The Labute approximate surface area is 173 Å². The van der Waals surface area contributed by atoms with E-state index in [4.69, 9.17) is 0 Å². The van der Waals surface area contributed by atoms with Gasteiger partial charge in [-0.15, -0.1) is 0 Å². The fourth-order valence-corrected chi connectivity index (χ4v) is 5.02. The van der Waals surface area contributed by atoms with Crippen molar-refractivity contribution in [1.29, 1.82) is 0 Å². The van der Waals surface area contributed by atoms with E-state index in [0.717, 1.165) is 38.0 Å². The molecule has 0 amide bonds. The van der Waals surface area contributed by atoms with E-state index in [-0.39, 0.29) is 16.8 Å². The first-order valence-corrected chi connectivity index (χ1v) is 12.2. The number of ketones is 1. The zero-order valence-electron chi connectivity index (χ0n) is 17.4. The minimum Gasteiger partial charge on any atom is -0.317 e. The van der Waals surface area contributed by atoms with Crippen LogP contribution in [0.4, 0.5) is 0 Å². The zero-order valence-corrected chi connectivity index (χ0v) is 18.2. The molecular formula is C22H31N3O3S. The van der Waals surface area contributed by atoms with Gasteiger partial charge in [0.25, 0.3) is 0 Å². The molecular weight excluding hydrogens is 386 g/mol. The van der Waals surface area contributed by atoms with E-state index in [1.165, 1.54) is 5.56 Å². The van der Waals surface area contributed by atoms with Gasteiger partial charge in [0.2, 0.25) is 15.0 Å². The summed E-state index contributed by atoms with van der Waals surface area (Å²) in [6.07, 6.45) is 4.96. The second-order valence-electron chi connectivity index (χ2n) is 7.72. The van der Waals surface area contributed by atoms with Gasteiger partial charge >= 0.3 is 0 Å². The second-order valence-corrected chi connectivity index (χ2v) is 9.89. The normalized spacial score (nSPS) is 18.1. The molecule has 1 atom stereocenters. The van der Waals surface area contributed by atoms with Crippen LogP contribution in [-0.2, 0) is 34.1 Å². The molecule has 0 saturated carbocycles. The number of sulfone groups is 1. The Kier molecular flexibility index (Phi) is 7.24. The molecule has 3 rings (SSSR count). The predicted molar refractivity (Wildman–Crippen MR) is 113 cm³/mol. The van der Waals surface area contributed by atoms with Gasteiger partial charge in [-0.25, -0.2) is 13.4 Å². The van der Waals surface area contributed by atoms with Crippen molar-refractivity contribution >= 4 is 15.6 Å². The van der Waals surface area contributed by atoms with Crippen LogP contribution in [0.3, 0.4) is 0 Å². The highest BCUT2D eigenvalue weighted by molar-refractivity contribution is 7.91. The Morgan fingerprint density at radius 2 is 1.97 bits per heavy atom. The first kappa shape index (κ1) is 21.7. The molecule has 6 nitrogen and oxygen atoms in total. The number of nitrogens with zero attached hydrogens (tertiary/aromatic N) is 3. The van der Waals surface area contributed by atoms with Crippen molar-refractivity contribution in [2.24, 2.45) is 5.92 Å². The maximum Gasteiger partial charge on any atom is 0.227 e. The fourth-order valence-electron chi connectivity index (χ4n) is 4.00. The number of hydrogen-bond acceptors (Lipinski definition) is 5. The highest BCUT2D eigenvalue weighted by Gasteiger charge is 2.27. The van der Waals surface area contributed by atoms with Crippen molar-refractivity contribution in [2.75, 3.05) is 18.8 Å². The molecule has 7 heteroatoms. The molecule has 1 fully saturated rings. The monoisotopic (exact) mass is 417 g/mol. The van der Waals surface area contributed by atoms with Crippen molar-refractivity contribution in [2.45, 2.75) is 57.8 Å². The minimum atomic E-state index is -3.40. The maximum atomic E-state index is 12.6. The van der Waals surface area contributed by atoms with Crippen LogP contribution < -0.4 is 0 Å². The molecule has 1 aliphatic rings. The van der Waals surface area contributed by atoms with Crippen LogP contribution in [-0.4, -0.2) is 47.5 Å². The minimum absolute atomic E-state index is 0.0333. The third kappa shape index (κ3) is 5.34. The van der Waals surface area contributed by atoms with Gasteiger partial charge in [-0.2, -0.15) is 0 Å². The van der Waals surface area contributed by atoms with Gasteiger partial charge in [-0.3, -0.25) is 9.69 Å². The zero-order chi connectivity index (χ0) is 20.9. The summed E-state index contributed by atoms with van der Waals surface area (Å²) in [5.74, 6) is 0.445. The Morgan fingerprint density at radius 3 is 2.66 bits per heavy atom. The first-order chi connectivity index (χ1) is 13.9. The van der Waals surface area contributed by atoms with Crippen molar-refractivity contribution in [3.8, 4) is 0 Å². The van der Waals surface area contributed by atoms with E-state index in [0.29, 0.717) is 25.3 Å². The summed E-state index contributed by atoms with van der Waals surface area (Å²) in [4.78, 5) is 18.7. The number of aryl methyl sites for hydroxylation is 1. The molecule has 1 saturated heterocycles. The van der Waals surface area contributed by atoms with Crippen LogP contribution >= 0.6 is 0 Å². The smallest absolute Gasteiger partial charge is 0.227 e. The third-order valence-electron chi connectivity index (χ3n) is 5.72. The van der Waals surface area contributed by atoms with E-state index >= 15 is 0 Å². The molecule has 0 aliphatic carbocycles. The van der Waals surface area contributed by atoms with Crippen LogP contribution in [0.15, 0.2) is 41.7 Å². The Morgan fingerprint density at radius 1 is 1.21 bits per heavy atom. The summed E-state index contributed by atoms with van der Waals surface area (Å²) < 4.78 is 27.0. The summed E-state index contributed by atoms with van der Waals surface area (Å²) in [6.45, 7) is 6.42. The molecule has 1 aromatic heterocycles. The number of carbonyl (C=O) groups excluding carboxylic acids is 1. The molecule has 158 valence electrons. The number of benzene rings is 1. The third-order valence-corrected chi connectivity index (χ3v) is 7.36. The second kappa shape index (κ2) is 9.67. The number of hydrogen-bond donors (Lipinski definition) is 0. The predicted octanol–water partition coefficient (Wildman–Crippen LogP) is 3.11.